The molecule has 0 saturated carbocycles. The molecule has 8 heteroatoms. The lowest BCUT2D eigenvalue weighted by Crippen LogP contribution is -2.63. The van der Waals surface area contributed by atoms with E-state index in [0.29, 0.717) is 0 Å². The van der Waals surface area contributed by atoms with Crippen LogP contribution in [-0.2, 0) is 24.6 Å². The van der Waals surface area contributed by atoms with E-state index in [2.05, 4.69) is 4.74 Å². The number of amides is 1. The standard InChI is InChI=1S/C15H18F3NO4/c1-4-23-13(21)14(15(16,17)18,11-8-6-5-7-9-11)19-12(20)10(2)22-3/h5-10H,4H2,1-3H3,(H,19,20). The molecular formula is C15H18F3NO4. The van der Waals surface area contributed by atoms with Crippen molar-refractivity contribution in [3.8, 4) is 0 Å². The van der Waals surface area contributed by atoms with Crippen LogP contribution in [0.1, 0.15) is 19.4 Å². The highest BCUT2D eigenvalue weighted by molar-refractivity contribution is 5.91. The van der Waals surface area contributed by atoms with Crippen molar-refractivity contribution in [3.05, 3.63) is 35.9 Å². The molecule has 1 rings (SSSR count). The molecule has 2 unspecified atom stereocenters. The summed E-state index contributed by atoms with van der Waals surface area (Å²) in [6.45, 7) is 2.38. The van der Waals surface area contributed by atoms with E-state index in [1.54, 1.807) is 5.32 Å². The van der Waals surface area contributed by atoms with Gasteiger partial charge < -0.3 is 14.8 Å². The maximum absolute atomic E-state index is 13.8. The first-order valence-corrected chi connectivity index (χ1v) is 6.85. The molecule has 0 aliphatic rings. The van der Waals surface area contributed by atoms with Crippen molar-refractivity contribution in [1.82, 2.24) is 5.32 Å². The molecule has 23 heavy (non-hydrogen) atoms. The summed E-state index contributed by atoms with van der Waals surface area (Å²) in [5.74, 6) is -2.68. The average Bonchev–Trinajstić information content (AvgIpc) is 2.51. The predicted molar refractivity (Wildman–Crippen MR) is 75.4 cm³/mol. The fourth-order valence-corrected chi connectivity index (χ4v) is 1.91. The number of carbonyl (C=O) groups is 2. The van der Waals surface area contributed by atoms with Gasteiger partial charge in [-0.05, 0) is 19.4 Å². The topological polar surface area (TPSA) is 64.6 Å². The van der Waals surface area contributed by atoms with Gasteiger partial charge in [0.25, 0.3) is 5.54 Å². The van der Waals surface area contributed by atoms with Crippen molar-refractivity contribution >= 4 is 11.9 Å². The Hall–Kier alpha value is -2.09. The van der Waals surface area contributed by atoms with Crippen molar-refractivity contribution in [2.24, 2.45) is 0 Å². The van der Waals surface area contributed by atoms with E-state index in [1.165, 1.54) is 39.2 Å². The monoisotopic (exact) mass is 333 g/mol. The summed E-state index contributed by atoms with van der Waals surface area (Å²) in [6, 6.07) is 6.36. The lowest BCUT2D eigenvalue weighted by atomic mass is 9.88. The summed E-state index contributed by atoms with van der Waals surface area (Å²) in [5.41, 5.74) is -3.74. The third-order valence-electron chi connectivity index (χ3n) is 3.25. The number of hydrogen-bond donors (Lipinski definition) is 1. The Morgan fingerprint density at radius 2 is 1.78 bits per heavy atom. The van der Waals surface area contributed by atoms with Crippen LogP contribution in [0.25, 0.3) is 0 Å². The van der Waals surface area contributed by atoms with Crippen LogP contribution < -0.4 is 5.32 Å². The summed E-state index contributed by atoms with van der Waals surface area (Å²) in [5, 5.41) is 1.76. The van der Waals surface area contributed by atoms with Crippen molar-refractivity contribution in [2.45, 2.75) is 31.7 Å². The minimum atomic E-state index is -5.11. The van der Waals surface area contributed by atoms with Crippen LogP contribution in [0.2, 0.25) is 0 Å². The number of ether oxygens (including phenoxy) is 2. The molecule has 1 amide bonds. The summed E-state index contributed by atoms with van der Waals surface area (Å²) < 4.78 is 50.7. The van der Waals surface area contributed by atoms with Gasteiger partial charge in [0, 0.05) is 7.11 Å². The van der Waals surface area contributed by atoms with Crippen molar-refractivity contribution in [1.29, 1.82) is 0 Å². The first kappa shape index (κ1) is 19.0. The number of benzene rings is 1. The van der Waals surface area contributed by atoms with Crippen LogP contribution in [0, 0.1) is 0 Å². The van der Waals surface area contributed by atoms with E-state index in [1.807, 2.05) is 0 Å². The fraction of sp³-hybridized carbons (Fsp3) is 0.467. The summed E-state index contributed by atoms with van der Waals surface area (Å²) >= 11 is 0. The third kappa shape index (κ3) is 3.82. The molecule has 0 spiro atoms. The van der Waals surface area contributed by atoms with Crippen molar-refractivity contribution in [3.63, 3.8) is 0 Å². The Labute approximate surface area is 131 Å². The second-order valence-corrected chi connectivity index (χ2v) is 4.70. The molecule has 1 aromatic rings. The zero-order valence-electron chi connectivity index (χ0n) is 12.9. The van der Waals surface area contributed by atoms with Crippen LogP contribution in [-0.4, -0.2) is 37.9 Å². The molecule has 1 N–H and O–H groups in total. The van der Waals surface area contributed by atoms with Crippen molar-refractivity contribution in [2.75, 3.05) is 13.7 Å². The zero-order valence-corrected chi connectivity index (χ0v) is 12.9. The highest BCUT2D eigenvalue weighted by Crippen LogP contribution is 2.40. The largest absolute Gasteiger partial charge is 0.464 e. The maximum Gasteiger partial charge on any atom is 0.426 e. The van der Waals surface area contributed by atoms with Crippen molar-refractivity contribution < 1.29 is 32.2 Å². The Bertz CT molecular complexity index is 547. The number of methoxy groups -OCH3 is 1. The Kier molecular flexibility index (Phi) is 6.14. The van der Waals surface area contributed by atoms with E-state index in [-0.39, 0.29) is 6.61 Å². The number of nitrogens with one attached hydrogen (secondary N) is 1. The molecular weight excluding hydrogens is 315 g/mol. The summed E-state index contributed by atoms with van der Waals surface area (Å²) in [4.78, 5) is 24.1. The van der Waals surface area contributed by atoms with Gasteiger partial charge in [-0.15, -0.1) is 0 Å². The zero-order chi connectivity index (χ0) is 17.7. The molecule has 0 bridgehead atoms. The van der Waals surface area contributed by atoms with Crippen LogP contribution >= 0.6 is 0 Å². The van der Waals surface area contributed by atoms with Gasteiger partial charge in [-0.25, -0.2) is 4.79 Å². The van der Waals surface area contributed by atoms with Gasteiger partial charge in [0.05, 0.1) is 6.61 Å². The number of esters is 1. The minimum absolute atomic E-state index is 0.265. The molecule has 0 aliphatic heterocycles. The molecule has 0 aliphatic carbocycles. The minimum Gasteiger partial charge on any atom is -0.464 e. The lowest BCUT2D eigenvalue weighted by molar-refractivity contribution is -0.218. The van der Waals surface area contributed by atoms with Crippen LogP contribution in [0.5, 0.6) is 0 Å². The predicted octanol–water partition coefficient (Wildman–Crippen LogP) is 2.16. The van der Waals surface area contributed by atoms with Crippen LogP contribution in [0.15, 0.2) is 30.3 Å². The maximum atomic E-state index is 13.8. The molecule has 128 valence electrons. The number of hydrogen-bond acceptors (Lipinski definition) is 4. The third-order valence-corrected chi connectivity index (χ3v) is 3.25. The molecule has 0 radical (unpaired) electrons. The quantitative estimate of drug-likeness (QED) is 0.810. The van der Waals surface area contributed by atoms with Crippen LogP contribution in [0.4, 0.5) is 13.2 Å². The second kappa shape index (κ2) is 7.45. The Morgan fingerprint density at radius 1 is 1.22 bits per heavy atom. The lowest BCUT2D eigenvalue weighted by Gasteiger charge is -2.35. The number of halogens is 3. The number of alkyl halides is 3. The first-order chi connectivity index (χ1) is 10.7. The number of carbonyl (C=O) groups excluding carboxylic acids is 2. The van der Waals surface area contributed by atoms with Gasteiger partial charge in [-0.3, -0.25) is 4.79 Å². The second-order valence-electron chi connectivity index (χ2n) is 4.70. The van der Waals surface area contributed by atoms with Gasteiger partial charge in [-0.2, -0.15) is 13.2 Å². The SMILES string of the molecule is CCOC(=O)C(NC(=O)C(C)OC)(c1ccccc1)C(F)(F)F. The molecule has 0 fully saturated rings. The molecule has 0 aromatic heterocycles. The molecule has 2 atom stereocenters. The van der Waals surface area contributed by atoms with Gasteiger partial charge in [-0.1, -0.05) is 30.3 Å². The highest BCUT2D eigenvalue weighted by Gasteiger charge is 2.64. The summed E-state index contributed by atoms with van der Waals surface area (Å²) in [6.07, 6.45) is -6.28. The molecule has 5 nitrogen and oxygen atoms in total. The molecule has 0 heterocycles. The fourth-order valence-electron chi connectivity index (χ4n) is 1.91. The van der Waals surface area contributed by atoms with E-state index in [4.69, 9.17) is 4.74 Å². The Morgan fingerprint density at radius 3 is 2.22 bits per heavy atom. The highest BCUT2D eigenvalue weighted by atomic mass is 19.4. The van der Waals surface area contributed by atoms with Gasteiger partial charge >= 0.3 is 12.1 Å². The van der Waals surface area contributed by atoms with Crippen LogP contribution in [0.3, 0.4) is 0 Å². The van der Waals surface area contributed by atoms with Gasteiger partial charge in [0.15, 0.2) is 0 Å². The van der Waals surface area contributed by atoms with E-state index in [9.17, 15) is 22.8 Å². The van der Waals surface area contributed by atoms with Gasteiger partial charge in [0.2, 0.25) is 5.91 Å². The smallest absolute Gasteiger partial charge is 0.426 e. The Balaban J connectivity index is 3.48. The van der Waals surface area contributed by atoms with E-state index >= 15 is 0 Å². The average molecular weight is 333 g/mol. The first-order valence-electron chi connectivity index (χ1n) is 6.85. The summed E-state index contributed by atoms with van der Waals surface area (Å²) in [7, 11) is 1.17. The normalized spacial score (nSPS) is 15.4. The van der Waals surface area contributed by atoms with E-state index in [0.717, 1.165) is 12.1 Å². The van der Waals surface area contributed by atoms with Gasteiger partial charge in [0.1, 0.15) is 6.10 Å². The number of rotatable bonds is 6. The van der Waals surface area contributed by atoms with E-state index < -0.39 is 35.3 Å². The molecule has 0 saturated heterocycles. The molecule has 1 aromatic carbocycles.